The van der Waals surface area contributed by atoms with Gasteiger partial charge in [-0.05, 0) is 49.6 Å². The summed E-state index contributed by atoms with van der Waals surface area (Å²) in [7, 11) is -3.85. The van der Waals surface area contributed by atoms with Crippen LogP contribution >= 0.6 is 0 Å². The van der Waals surface area contributed by atoms with Crippen LogP contribution in [0.25, 0.3) is 0 Å². The van der Waals surface area contributed by atoms with Crippen LogP contribution in [-0.4, -0.2) is 96.5 Å². The first kappa shape index (κ1) is 33.1. The molecular weight excluding hydrogens is 612 g/mol. The molecule has 0 aliphatic carbocycles. The number of benzene rings is 2. The molecular formula is C29H32N4O11S. The number of nitrogens with zero attached hydrogens (tertiary/aromatic N) is 2. The van der Waals surface area contributed by atoms with Gasteiger partial charge in [0.1, 0.15) is 29.6 Å². The lowest BCUT2D eigenvalue weighted by molar-refractivity contribution is -0.176. The molecule has 0 aromatic heterocycles. The zero-order valence-corrected chi connectivity index (χ0v) is 25.0. The van der Waals surface area contributed by atoms with Gasteiger partial charge in [-0.1, -0.05) is 24.3 Å². The van der Waals surface area contributed by atoms with Gasteiger partial charge in [0, 0.05) is 13.0 Å². The predicted octanol–water partition coefficient (Wildman–Crippen LogP) is 0.611. The molecule has 240 valence electrons. The predicted molar refractivity (Wildman–Crippen MR) is 155 cm³/mol. The molecule has 3 atom stereocenters. The number of esters is 1. The third kappa shape index (κ3) is 8.86. The van der Waals surface area contributed by atoms with Gasteiger partial charge in [-0.25, -0.2) is 22.9 Å². The van der Waals surface area contributed by atoms with Gasteiger partial charge < -0.3 is 19.9 Å². The number of rotatable bonds is 12. The SMILES string of the molecule is CS(=O)(=O)N[C@H]1CCC(=O)N2CCC[C@@H](C(=O)N[C@@H](CC(=O)O)C(=O)COC(=O)c3cccc(Oc4ccccc4)c3)N2C1=O. The first-order chi connectivity index (χ1) is 21.3. The number of carboxylic acids is 1. The lowest BCUT2D eigenvalue weighted by Crippen LogP contribution is -2.64. The number of nitrogens with one attached hydrogen (secondary N) is 2. The number of carboxylic acid groups (broad SMARTS) is 1. The van der Waals surface area contributed by atoms with Gasteiger partial charge in [0.2, 0.25) is 21.8 Å². The Hall–Kier alpha value is -4.83. The number of para-hydroxylation sites is 1. The number of hydrazine groups is 1. The fourth-order valence-electron chi connectivity index (χ4n) is 4.96. The topological polar surface area (TPSA) is 206 Å². The zero-order valence-electron chi connectivity index (χ0n) is 24.2. The van der Waals surface area contributed by atoms with Crippen LogP contribution in [0, 0.1) is 0 Å². The van der Waals surface area contributed by atoms with E-state index in [1.807, 2.05) is 6.07 Å². The molecule has 0 radical (unpaired) electrons. The minimum atomic E-state index is -3.85. The zero-order chi connectivity index (χ0) is 32.7. The van der Waals surface area contributed by atoms with Gasteiger partial charge in [-0.2, -0.15) is 0 Å². The number of hydrogen-bond acceptors (Lipinski definition) is 10. The van der Waals surface area contributed by atoms with Gasteiger partial charge in [0.25, 0.3) is 5.91 Å². The van der Waals surface area contributed by atoms with Crippen LogP contribution in [0.4, 0.5) is 0 Å². The molecule has 45 heavy (non-hydrogen) atoms. The van der Waals surface area contributed by atoms with Crippen LogP contribution in [0.5, 0.6) is 11.5 Å². The van der Waals surface area contributed by atoms with Gasteiger partial charge in [-0.3, -0.25) is 29.0 Å². The Morgan fingerprint density at radius 3 is 2.42 bits per heavy atom. The Labute approximate surface area is 258 Å². The number of aliphatic carboxylic acids is 1. The second-order valence-corrected chi connectivity index (χ2v) is 12.3. The highest BCUT2D eigenvalue weighted by molar-refractivity contribution is 7.88. The van der Waals surface area contributed by atoms with Crippen molar-refractivity contribution in [3.63, 3.8) is 0 Å². The summed E-state index contributed by atoms with van der Waals surface area (Å²) in [5.41, 5.74) is 0.0546. The van der Waals surface area contributed by atoms with E-state index in [0.717, 1.165) is 16.3 Å². The van der Waals surface area contributed by atoms with Crippen molar-refractivity contribution in [3.8, 4) is 11.5 Å². The number of hydrogen-bond donors (Lipinski definition) is 3. The van der Waals surface area contributed by atoms with Gasteiger partial charge >= 0.3 is 11.9 Å². The Kier molecular flexibility index (Phi) is 10.5. The largest absolute Gasteiger partial charge is 0.481 e. The minimum Gasteiger partial charge on any atom is -0.481 e. The van der Waals surface area contributed by atoms with E-state index in [1.54, 1.807) is 36.4 Å². The molecule has 0 spiro atoms. The third-order valence-corrected chi connectivity index (χ3v) is 7.71. The number of amides is 3. The van der Waals surface area contributed by atoms with Crippen molar-refractivity contribution in [2.24, 2.45) is 0 Å². The van der Waals surface area contributed by atoms with Crippen molar-refractivity contribution in [1.29, 1.82) is 0 Å². The highest BCUT2D eigenvalue weighted by atomic mass is 32.2. The number of carbonyl (C=O) groups is 6. The summed E-state index contributed by atoms with van der Waals surface area (Å²) in [6, 6.07) is 10.5. The molecule has 16 heteroatoms. The van der Waals surface area contributed by atoms with Crippen LogP contribution in [-0.2, 0) is 38.7 Å². The second-order valence-electron chi connectivity index (χ2n) is 10.5. The summed E-state index contributed by atoms with van der Waals surface area (Å²) in [5, 5.41) is 13.7. The maximum atomic E-state index is 13.4. The van der Waals surface area contributed by atoms with Gasteiger partial charge in [-0.15, -0.1) is 0 Å². The maximum Gasteiger partial charge on any atom is 0.338 e. The number of ether oxygens (including phenoxy) is 2. The lowest BCUT2D eigenvalue weighted by atomic mass is 10.0. The van der Waals surface area contributed by atoms with E-state index in [-0.39, 0.29) is 31.4 Å². The second kappa shape index (κ2) is 14.3. The molecule has 2 aromatic rings. The van der Waals surface area contributed by atoms with E-state index in [1.165, 1.54) is 12.1 Å². The quantitative estimate of drug-likeness (QED) is 0.273. The molecule has 2 aromatic carbocycles. The number of Topliss-reactive ketones (excluding diaryl/α,β-unsaturated/α-hetero) is 1. The standard InChI is InChI=1S/C29H32N4O11S/c1-45(41,42)31-21-12-13-25(35)32-14-6-11-23(33(32)28(21)39)27(38)30-22(16-26(36)37)24(34)17-43-29(40)18-7-5-10-20(15-18)44-19-8-3-2-4-9-19/h2-5,7-10,15,21-23,31H,6,11-14,16-17H2,1H3,(H,30,38)(H,36,37)/t21-,22-,23-/m0/s1. The van der Waals surface area contributed by atoms with E-state index in [0.29, 0.717) is 17.9 Å². The Bertz CT molecular complexity index is 1580. The molecule has 2 heterocycles. The number of fused-ring (bicyclic) bond motifs is 1. The van der Waals surface area contributed by atoms with Crippen molar-refractivity contribution in [3.05, 3.63) is 60.2 Å². The first-order valence-corrected chi connectivity index (χ1v) is 15.9. The van der Waals surface area contributed by atoms with Crippen molar-refractivity contribution in [2.75, 3.05) is 19.4 Å². The molecule has 3 amide bonds. The van der Waals surface area contributed by atoms with Crippen LogP contribution < -0.4 is 14.8 Å². The Balaban J connectivity index is 1.44. The average Bonchev–Trinajstić information content (AvgIpc) is 3.11. The van der Waals surface area contributed by atoms with E-state index < -0.39 is 76.6 Å². The molecule has 3 N–H and O–H groups in total. The van der Waals surface area contributed by atoms with Crippen molar-refractivity contribution < 1.29 is 51.8 Å². The summed E-state index contributed by atoms with van der Waals surface area (Å²) in [6.07, 6.45) is 0.0755. The molecule has 0 saturated carbocycles. The fraction of sp³-hybridized carbons (Fsp3) is 0.379. The van der Waals surface area contributed by atoms with E-state index in [9.17, 15) is 42.3 Å². The molecule has 4 rings (SSSR count). The molecule has 0 bridgehead atoms. The molecule has 0 unspecified atom stereocenters. The maximum absolute atomic E-state index is 13.4. The third-order valence-electron chi connectivity index (χ3n) is 7.00. The molecule has 2 aliphatic heterocycles. The van der Waals surface area contributed by atoms with Gasteiger partial charge in [0.15, 0.2) is 12.4 Å². The average molecular weight is 645 g/mol. The number of sulfonamides is 1. The van der Waals surface area contributed by atoms with E-state index in [2.05, 4.69) is 10.0 Å². The van der Waals surface area contributed by atoms with Crippen LogP contribution in [0.2, 0.25) is 0 Å². The van der Waals surface area contributed by atoms with Crippen molar-refractivity contribution >= 4 is 45.5 Å². The Morgan fingerprint density at radius 1 is 1.02 bits per heavy atom. The summed E-state index contributed by atoms with van der Waals surface area (Å²) < 4.78 is 36.7. The summed E-state index contributed by atoms with van der Waals surface area (Å²) in [6.45, 7) is -0.774. The van der Waals surface area contributed by atoms with Crippen LogP contribution in [0.1, 0.15) is 42.5 Å². The highest BCUT2D eigenvalue weighted by Crippen LogP contribution is 2.26. The molecule has 2 aliphatic rings. The van der Waals surface area contributed by atoms with Crippen LogP contribution in [0.3, 0.4) is 0 Å². The first-order valence-electron chi connectivity index (χ1n) is 14.0. The summed E-state index contributed by atoms with van der Waals surface area (Å²) >= 11 is 0. The van der Waals surface area contributed by atoms with Crippen molar-refractivity contribution in [2.45, 2.75) is 50.2 Å². The fourth-order valence-corrected chi connectivity index (χ4v) is 5.70. The Morgan fingerprint density at radius 2 is 1.73 bits per heavy atom. The summed E-state index contributed by atoms with van der Waals surface area (Å²) in [4.78, 5) is 76.8. The molecule has 2 saturated heterocycles. The monoisotopic (exact) mass is 644 g/mol. The van der Waals surface area contributed by atoms with Crippen molar-refractivity contribution in [1.82, 2.24) is 20.1 Å². The summed E-state index contributed by atoms with van der Waals surface area (Å²) in [5.74, 6) is -4.68. The van der Waals surface area contributed by atoms with Gasteiger partial charge in [0.05, 0.1) is 18.2 Å². The van der Waals surface area contributed by atoms with Crippen LogP contribution in [0.15, 0.2) is 54.6 Å². The van der Waals surface area contributed by atoms with E-state index >= 15 is 0 Å². The molecule has 15 nitrogen and oxygen atoms in total. The molecule has 2 fully saturated rings. The highest BCUT2D eigenvalue weighted by Gasteiger charge is 2.45. The smallest absolute Gasteiger partial charge is 0.338 e. The minimum absolute atomic E-state index is 0.0529. The van der Waals surface area contributed by atoms with E-state index in [4.69, 9.17) is 9.47 Å². The lowest BCUT2D eigenvalue weighted by Gasteiger charge is -2.43. The number of carbonyl (C=O) groups excluding carboxylic acids is 5. The number of ketones is 1. The normalized spacial score (nSPS) is 19.1.